The van der Waals surface area contributed by atoms with Crippen LogP contribution in [0.3, 0.4) is 0 Å². The second-order valence-electron chi connectivity index (χ2n) is 4.32. The van der Waals surface area contributed by atoms with Crippen molar-refractivity contribution < 1.29 is 14.4 Å². The lowest BCUT2D eigenvalue weighted by molar-refractivity contribution is -0.159. The lowest BCUT2D eigenvalue weighted by Gasteiger charge is -2.45. The van der Waals surface area contributed by atoms with E-state index in [1.54, 1.807) is 6.92 Å². The van der Waals surface area contributed by atoms with Crippen molar-refractivity contribution in [2.24, 2.45) is 17.3 Å². The van der Waals surface area contributed by atoms with E-state index in [4.69, 9.17) is 5.53 Å². The first-order valence-electron chi connectivity index (χ1n) is 4.88. The summed E-state index contributed by atoms with van der Waals surface area (Å²) >= 11 is 0. The molecule has 74 valence electrons. The molecule has 2 aliphatic rings. The van der Waals surface area contributed by atoms with Crippen LogP contribution in [0, 0.1) is 17.3 Å². The number of hydrogen-bond donors (Lipinski definition) is 0. The Kier molecular flexibility index (Phi) is 1.89. The standard InChI is InChI=1S/C10H12N2O2/c1-10(8(13)5-12-11)7-4-2-3-6(7)9(10)14/h5-7H,2-4H2,1H3/t6-,7+,10?/m0/s1. The van der Waals surface area contributed by atoms with Gasteiger partial charge in [-0.2, -0.15) is 4.79 Å². The Hall–Kier alpha value is -1.28. The van der Waals surface area contributed by atoms with Gasteiger partial charge in [-0.15, -0.1) is 0 Å². The predicted molar refractivity (Wildman–Crippen MR) is 48.6 cm³/mol. The van der Waals surface area contributed by atoms with Crippen LogP contribution < -0.4 is 0 Å². The Balaban J connectivity index is 2.29. The lowest BCUT2D eigenvalue weighted by Crippen LogP contribution is -2.58. The number of rotatable bonds is 2. The third-order valence-corrected chi connectivity index (χ3v) is 3.79. The Morgan fingerprint density at radius 3 is 3.00 bits per heavy atom. The van der Waals surface area contributed by atoms with Gasteiger partial charge in [0, 0.05) is 5.92 Å². The summed E-state index contributed by atoms with van der Waals surface area (Å²) in [5.74, 6) is -0.0467. The second-order valence-corrected chi connectivity index (χ2v) is 4.32. The lowest BCUT2D eigenvalue weighted by atomic mass is 9.53. The quantitative estimate of drug-likeness (QED) is 0.282. The molecule has 4 nitrogen and oxygen atoms in total. The van der Waals surface area contributed by atoms with Crippen LogP contribution in [-0.2, 0) is 9.59 Å². The summed E-state index contributed by atoms with van der Waals surface area (Å²) in [4.78, 5) is 26.0. The number of carbonyl (C=O) groups excluding carboxylic acids is 2. The van der Waals surface area contributed by atoms with Crippen molar-refractivity contribution in [3.8, 4) is 0 Å². The average molecular weight is 192 g/mol. The van der Waals surface area contributed by atoms with Gasteiger partial charge >= 0.3 is 6.21 Å². The van der Waals surface area contributed by atoms with Gasteiger partial charge in [0.2, 0.25) is 5.78 Å². The molecular formula is C10H12N2O2. The van der Waals surface area contributed by atoms with E-state index in [0.29, 0.717) is 0 Å². The minimum Gasteiger partial charge on any atom is -0.361 e. The third kappa shape index (κ3) is 0.891. The molecular weight excluding hydrogens is 180 g/mol. The summed E-state index contributed by atoms with van der Waals surface area (Å²) in [6, 6.07) is 0. The highest BCUT2D eigenvalue weighted by atomic mass is 16.2. The summed E-state index contributed by atoms with van der Waals surface area (Å²) in [6.45, 7) is 1.67. The number of nitrogens with zero attached hydrogens (tertiary/aromatic N) is 2. The molecule has 1 unspecified atom stereocenters. The van der Waals surface area contributed by atoms with Crippen molar-refractivity contribution in [3.63, 3.8) is 0 Å². The van der Waals surface area contributed by atoms with Gasteiger partial charge in [0.25, 0.3) is 0 Å². The minimum absolute atomic E-state index is 0.0323. The van der Waals surface area contributed by atoms with Crippen LogP contribution in [0.5, 0.6) is 0 Å². The molecule has 0 spiro atoms. The fraction of sp³-hybridized carbons (Fsp3) is 0.700. The highest BCUT2D eigenvalue weighted by molar-refractivity contribution is 6.35. The number of hydrogen-bond acceptors (Lipinski definition) is 2. The molecule has 3 atom stereocenters. The third-order valence-electron chi connectivity index (χ3n) is 3.79. The van der Waals surface area contributed by atoms with Crippen molar-refractivity contribution in [2.75, 3.05) is 0 Å². The molecule has 0 saturated heterocycles. The summed E-state index contributed by atoms with van der Waals surface area (Å²) < 4.78 is 0. The van der Waals surface area contributed by atoms with Crippen molar-refractivity contribution in [1.82, 2.24) is 0 Å². The van der Waals surface area contributed by atoms with E-state index in [9.17, 15) is 9.59 Å². The maximum Gasteiger partial charge on any atom is 0.324 e. The zero-order chi connectivity index (χ0) is 10.3. The molecule has 2 aliphatic carbocycles. The zero-order valence-electron chi connectivity index (χ0n) is 8.06. The summed E-state index contributed by atoms with van der Waals surface area (Å²) in [5, 5.41) is 0. The Morgan fingerprint density at radius 1 is 1.64 bits per heavy atom. The molecule has 2 rings (SSSR count). The fourth-order valence-electron chi connectivity index (χ4n) is 2.93. The van der Waals surface area contributed by atoms with E-state index >= 15 is 0 Å². The van der Waals surface area contributed by atoms with E-state index in [-0.39, 0.29) is 23.4 Å². The molecule has 0 aromatic heterocycles. The first kappa shape index (κ1) is 9.28. The Bertz CT molecular complexity index is 357. The van der Waals surface area contributed by atoms with Gasteiger partial charge in [0.05, 0.1) is 5.41 Å². The Morgan fingerprint density at radius 2 is 2.36 bits per heavy atom. The molecule has 0 amide bonds. The van der Waals surface area contributed by atoms with Gasteiger partial charge < -0.3 is 5.53 Å². The summed E-state index contributed by atoms with van der Waals surface area (Å²) in [7, 11) is 0. The summed E-state index contributed by atoms with van der Waals surface area (Å²) in [5.41, 5.74) is 7.39. The molecule has 14 heavy (non-hydrogen) atoms. The van der Waals surface area contributed by atoms with E-state index in [2.05, 4.69) is 4.79 Å². The van der Waals surface area contributed by atoms with Crippen molar-refractivity contribution in [3.05, 3.63) is 5.53 Å². The molecule has 0 aliphatic heterocycles. The van der Waals surface area contributed by atoms with Crippen molar-refractivity contribution in [2.45, 2.75) is 26.2 Å². The Labute approximate surface area is 81.9 Å². The van der Waals surface area contributed by atoms with Crippen LogP contribution in [0.25, 0.3) is 5.53 Å². The molecule has 0 heterocycles. The van der Waals surface area contributed by atoms with E-state index in [1.165, 1.54) is 0 Å². The van der Waals surface area contributed by atoms with Crippen LogP contribution in [0.1, 0.15) is 26.2 Å². The smallest absolute Gasteiger partial charge is 0.324 e. The van der Waals surface area contributed by atoms with Crippen LogP contribution in [0.4, 0.5) is 0 Å². The van der Waals surface area contributed by atoms with Crippen molar-refractivity contribution >= 4 is 17.8 Å². The normalized spacial score (nSPS) is 39.6. The molecule has 0 aromatic carbocycles. The van der Waals surface area contributed by atoms with Gasteiger partial charge in [0.15, 0.2) is 0 Å². The molecule has 2 saturated carbocycles. The molecule has 0 aromatic rings. The molecule has 0 radical (unpaired) electrons. The van der Waals surface area contributed by atoms with E-state index < -0.39 is 5.41 Å². The van der Waals surface area contributed by atoms with Crippen LogP contribution in [0.15, 0.2) is 0 Å². The maximum absolute atomic E-state index is 11.7. The number of carbonyl (C=O) groups is 2. The second kappa shape index (κ2) is 2.85. The van der Waals surface area contributed by atoms with E-state index in [1.807, 2.05) is 0 Å². The van der Waals surface area contributed by atoms with Gasteiger partial charge in [-0.1, -0.05) is 6.42 Å². The molecule has 0 bridgehead atoms. The van der Waals surface area contributed by atoms with Crippen LogP contribution in [0.2, 0.25) is 0 Å². The van der Waals surface area contributed by atoms with Crippen LogP contribution >= 0.6 is 0 Å². The van der Waals surface area contributed by atoms with Gasteiger partial charge in [-0.05, 0) is 25.7 Å². The average Bonchev–Trinajstić information content (AvgIpc) is 2.62. The fourth-order valence-corrected chi connectivity index (χ4v) is 2.93. The monoisotopic (exact) mass is 192 g/mol. The van der Waals surface area contributed by atoms with Gasteiger partial charge in [-0.25, -0.2) is 0 Å². The van der Waals surface area contributed by atoms with Crippen molar-refractivity contribution in [1.29, 1.82) is 0 Å². The molecule has 0 N–H and O–H groups in total. The highest BCUT2D eigenvalue weighted by Crippen LogP contribution is 2.56. The topological polar surface area (TPSA) is 70.5 Å². The zero-order valence-corrected chi connectivity index (χ0v) is 8.06. The number of fused-ring (bicyclic) bond motifs is 1. The SMILES string of the molecule is CC1(C(=O)C=[N+]=[N-])C(=O)[C@H]2CCC[C@H]21. The first-order chi connectivity index (χ1) is 6.62. The van der Waals surface area contributed by atoms with E-state index in [0.717, 1.165) is 25.5 Å². The first-order valence-corrected chi connectivity index (χ1v) is 4.88. The van der Waals surface area contributed by atoms with Gasteiger partial charge in [-0.3, -0.25) is 9.59 Å². The minimum atomic E-state index is -0.895. The molecule has 2 fully saturated rings. The van der Waals surface area contributed by atoms with Crippen LogP contribution in [-0.4, -0.2) is 22.6 Å². The van der Waals surface area contributed by atoms with Gasteiger partial charge in [0.1, 0.15) is 5.78 Å². The highest BCUT2D eigenvalue weighted by Gasteiger charge is 2.64. The molecule has 4 heteroatoms. The number of Topliss-reactive ketones (excluding diaryl/α,β-unsaturated/α-hetero) is 2. The number of ketones is 2. The summed E-state index contributed by atoms with van der Waals surface area (Å²) in [6.07, 6.45) is 3.74. The maximum atomic E-state index is 11.7. The largest absolute Gasteiger partial charge is 0.361 e. The predicted octanol–water partition coefficient (Wildman–Crippen LogP) is 0.861.